The second kappa shape index (κ2) is 7.06. The third kappa shape index (κ3) is 3.87. The molecular weight excluding hydrogens is 331 g/mol. The molecule has 132 valence electrons. The summed E-state index contributed by atoms with van der Waals surface area (Å²) in [5.74, 6) is 0.395. The van der Waals surface area contributed by atoms with E-state index >= 15 is 0 Å². The largest absolute Gasteiger partial charge is 0.343 e. The van der Waals surface area contributed by atoms with Crippen molar-refractivity contribution in [1.82, 2.24) is 14.9 Å². The van der Waals surface area contributed by atoms with Crippen molar-refractivity contribution in [3.05, 3.63) is 30.1 Å². The van der Waals surface area contributed by atoms with Crippen molar-refractivity contribution in [2.24, 2.45) is 10.9 Å². The van der Waals surface area contributed by atoms with E-state index in [0.29, 0.717) is 25.3 Å². The van der Waals surface area contributed by atoms with E-state index in [1.54, 1.807) is 0 Å². The second-order valence-electron chi connectivity index (χ2n) is 6.46. The molecule has 6 nitrogen and oxygen atoms in total. The van der Waals surface area contributed by atoms with E-state index in [1.807, 2.05) is 0 Å². The van der Waals surface area contributed by atoms with Crippen LogP contribution in [0.15, 0.2) is 34.2 Å². The Morgan fingerprint density at radius 2 is 1.96 bits per heavy atom. The molecular formula is C16H23FN4O2S. The highest BCUT2D eigenvalue weighted by atomic mass is 32.2. The molecule has 0 spiro atoms. The quantitative estimate of drug-likeness (QED) is 0.869. The number of sulfonamides is 1. The van der Waals surface area contributed by atoms with Gasteiger partial charge in [-0.15, -0.1) is 0 Å². The summed E-state index contributed by atoms with van der Waals surface area (Å²) in [6, 6.07) is 5.20. The van der Waals surface area contributed by atoms with Crippen LogP contribution in [0.1, 0.15) is 32.6 Å². The van der Waals surface area contributed by atoms with Crippen molar-refractivity contribution < 1.29 is 12.8 Å². The van der Waals surface area contributed by atoms with Gasteiger partial charge in [0, 0.05) is 6.04 Å². The Morgan fingerprint density at radius 1 is 1.25 bits per heavy atom. The molecule has 1 aliphatic carbocycles. The smallest absolute Gasteiger partial charge is 0.264 e. The lowest BCUT2D eigenvalue weighted by atomic mass is 9.85. The maximum absolute atomic E-state index is 12.9. The number of nitrogens with zero attached hydrogens (tertiary/aromatic N) is 2. The minimum absolute atomic E-state index is 0.0109. The Morgan fingerprint density at radius 3 is 2.58 bits per heavy atom. The van der Waals surface area contributed by atoms with E-state index in [4.69, 9.17) is 0 Å². The molecule has 2 unspecified atom stereocenters. The van der Waals surface area contributed by atoms with E-state index in [2.05, 4.69) is 26.9 Å². The summed E-state index contributed by atoms with van der Waals surface area (Å²) < 4.78 is 39.9. The van der Waals surface area contributed by atoms with Crippen LogP contribution in [0.4, 0.5) is 4.39 Å². The number of guanidine groups is 1. The molecule has 2 atom stereocenters. The number of hydrogen-bond donors (Lipinski definition) is 2. The molecule has 0 aromatic heterocycles. The summed E-state index contributed by atoms with van der Waals surface area (Å²) in [5.41, 5.74) is 0. The minimum atomic E-state index is -3.76. The summed E-state index contributed by atoms with van der Waals surface area (Å²) in [6.07, 6.45) is 4.91. The lowest BCUT2D eigenvalue weighted by Crippen LogP contribution is -2.54. The molecule has 1 aliphatic heterocycles. The Balaban J connectivity index is 1.63. The molecule has 3 rings (SSSR count). The topological polar surface area (TPSA) is 73.8 Å². The van der Waals surface area contributed by atoms with Crippen LogP contribution in [0.25, 0.3) is 0 Å². The average Bonchev–Trinajstić information content (AvgIpc) is 2.56. The first kappa shape index (κ1) is 17.2. The first-order valence-electron chi connectivity index (χ1n) is 8.26. The lowest BCUT2D eigenvalue weighted by Gasteiger charge is -2.39. The third-order valence-electron chi connectivity index (χ3n) is 4.75. The van der Waals surface area contributed by atoms with Crippen molar-refractivity contribution in [3.8, 4) is 0 Å². The van der Waals surface area contributed by atoms with Gasteiger partial charge >= 0.3 is 0 Å². The Bertz CT molecular complexity index is 705. The predicted octanol–water partition coefficient (Wildman–Crippen LogP) is 1.86. The van der Waals surface area contributed by atoms with E-state index < -0.39 is 15.8 Å². The molecule has 0 radical (unpaired) electrons. The molecule has 2 aliphatic rings. The van der Waals surface area contributed by atoms with Crippen LogP contribution in [0.2, 0.25) is 0 Å². The molecule has 1 saturated carbocycles. The van der Waals surface area contributed by atoms with Crippen LogP contribution in [0.5, 0.6) is 0 Å². The molecule has 1 fully saturated rings. The maximum Gasteiger partial charge on any atom is 0.264 e. The predicted molar refractivity (Wildman–Crippen MR) is 90.3 cm³/mol. The number of rotatable bonds is 3. The van der Waals surface area contributed by atoms with Crippen LogP contribution in [0, 0.1) is 11.7 Å². The van der Waals surface area contributed by atoms with Gasteiger partial charge in [-0.3, -0.25) is 4.90 Å². The molecule has 0 saturated heterocycles. The van der Waals surface area contributed by atoms with Gasteiger partial charge in [-0.1, -0.05) is 19.8 Å². The third-order valence-corrected chi connectivity index (χ3v) is 6.11. The number of nitrogens with one attached hydrogen (secondary N) is 2. The van der Waals surface area contributed by atoms with Gasteiger partial charge in [-0.2, -0.15) is 0 Å². The standard InChI is InChI=1S/C16H23FN4O2S/c1-12-4-2-3-5-15(12)21-10-18-16(19-11-21)20-24(22,23)14-8-6-13(17)7-9-14/h6-9,12,15H,2-5,10-11H2,1H3,(H2,18,19,20). The molecule has 2 N–H and O–H groups in total. The summed E-state index contributed by atoms with van der Waals surface area (Å²) in [7, 11) is -3.76. The molecule has 0 amide bonds. The Hall–Kier alpha value is -1.67. The van der Waals surface area contributed by atoms with Crippen LogP contribution >= 0.6 is 0 Å². The summed E-state index contributed by atoms with van der Waals surface area (Å²) in [6.45, 7) is 3.31. The van der Waals surface area contributed by atoms with Gasteiger partial charge in [-0.25, -0.2) is 22.5 Å². The van der Waals surface area contributed by atoms with Gasteiger partial charge in [0.25, 0.3) is 10.0 Å². The first-order valence-corrected chi connectivity index (χ1v) is 9.75. The zero-order valence-corrected chi connectivity index (χ0v) is 14.5. The fourth-order valence-corrected chi connectivity index (χ4v) is 4.38. The van der Waals surface area contributed by atoms with Gasteiger partial charge in [0.1, 0.15) is 5.82 Å². The van der Waals surface area contributed by atoms with Gasteiger partial charge in [0.05, 0.1) is 18.2 Å². The van der Waals surface area contributed by atoms with Crippen molar-refractivity contribution in [2.75, 3.05) is 13.3 Å². The average molecular weight is 354 g/mol. The Kier molecular flexibility index (Phi) is 5.05. The Labute approximate surface area is 142 Å². The SMILES string of the molecule is CC1CCCCC1N1CN=C(NS(=O)(=O)c2ccc(F)cc2)NC1. The van der Waals surface area contributed by atoms with Gasteiger partial charge < -0.3 is 5.32 Å². The fraction of sp³-hybridized carbons (Fsp3) is 0.562. The highest BCUT2D eigenvalue weighted by Gasteiger charge is 2.29. The first-order chi connectivity index (χ1) is 11.5. The molecule has 24 heavy (non-hydrogen) atoms. The molecule has 1 heterocycles. The number of halogens is 1. The number of hydrogen-bond acceptors (Lipinski definition) is 5. The van der Waals surface area contributed by atoms with Crippen molar-refractivity contribution in [2.45, 2.75) is 43.5 Å². The molecule has 8 heteroatoms. The van der Waals surface area contributed by atoms with E-state index in [9.17, 15) is 12.8 Å². The molecule has 0 bridgehead atoms. The number of benzene rings is 1. The van der Waals surface area contributed by atoms with Gasteiger partial charge in [0.15, 0.2) is 0 Å². The van der Waals surface area contributed by atoms with Crippen LogP contribution < -0.4 is 10.0 Å². The summed E-state index contributed by atoms with van der Waals surface area (Å²) in [5, 5.41) is 3.04. The second-order valence-corrected chi connectivity index (χ2v) is 8.14. The van der Waals surface area contributed by atoms with E-state index in [-0.39, 0.29) is 10.9 Å². The van der Waals surface area contributed by atoms with Gasteiger partial charge in [-0.05, 0) is 43.0 Å². The zero-order valence-electron chi connectivity index (χ0n) is 13.7. The lowest BCUT2D eigenvalue weighted by molar-refractivity contribution is 0.106. The van der Waals surface area contributed by atoms with Crippen molar-refractivity contribution in [3.63, 3.8) is 0 Å². The highest BCUT2D eigenvalue weighted by Crippen LogP contribution is 2.28. The minimum Gasteiger partial charge on any atom is -0.343 e. The van der Waals surface area contributed by atoms with Crippen LogP contribution in [-0.2, 0) is 10.0 Å². The molecule has 1 aromatic carbocycles. The van der Waals surface area contributed by atoms with Crippen molar-refractivity contribution >= 4 is 16.0 Å². The normalized spacial score (nSPS) is 25.7. The summed E-state index contributed by atoms with van der Waals surface area (Å²) in [4.78, 5) is 6.58. The molecule has 1 aromatic rings. The fourth-order valence-electron chi connectivity index (χ4n) is 3.37. The van der Waals surface area contributed by atoms with Crippen molar-refractivity contribution in [1.29, 1.82) is 0 Å². The highest BCUT2D eigenvalue weighted by molar-refractivity contribution is 7.90. The van der Waals surface area contributed by atoms with Crippen LogP contribution in [-0.4, -0.2) is 38.7 Å². The number of aliphatic imine (C=N–C) groups is 1. The van der Waals surface area contributed by atoms with Gasteiger partial charge in [0.2, 0.25) is 5.96 Å². The van der Waals surface area contributed by atoms with Crippen LogP contribution in [0.3, 0.4) is 0 Å². The van der Waals surface area contributed by atoms with E-state index in [1.165, 1.54) is 31.4 Å². The summed E-state index contributed by atoms with van der Waals surface area (Å²) >= 11 is 0. The monoisotopic (exact) mass is 354 g/mol. The zero-order chi connectivity index (χ0) is 17.2. The maximum atomic E-state index is 12.9. The van der Waals surface area contributed by atoms with E-state index in [0.717, 1.165) is 18.6 Å².